The zero-order valence-electron chi connectivity index (χ0n) is 10.5. The van der Waals surface area contributed by atoms with E-state index in [-0.39, 0.29) is 0 Å². The van der Waals surface area contributed by atoms with Crippen LogP contribution in [0.1, 0.15) is 44.9 Å². The molecule has 1 N–H and O–H groups in total. The minimum absolute atomic E-state index is 0.984. The van der Waals surface area contributed by atoms with Crippen LogP contribution in [0, 0.1) is 11.8 Å². The van der Waals surface area contributed by atoms with E-state index in [1.165, 1.54) is 71.1 Å². The van der Waals surface area contributed by atoms with E-state index in [1.807, 2.05) is 0 Å². The van der Waals surface area contributed by atoms with Gasteiger partial charge in [-0.25, -0.2) is 0 Å². The lowest BCUT2D eigenvalue weighted by atomic mass is 9.93. The Kier molecular flexibility index (Phi) is 3.49. The van der Waals surface area contributed by atoms with Crippen molar-refractivity contribution in [1.29, 1.82) is 0 Å². The average molecular weight is 222 g/mol. The number of rotatable bonds is 4. The lowest BCUT2D eigenvalue weighted by molar-refractivity contribution is 0.202. The van der Waals surface area contributed by atoms with Crippen LogP contribution in [0.25, 0.3) is 0 Å². The highest BCUT2D eigenvalue weighted by molar-refractivity contribution is 4.91. The van der Waals surface area contributed by atoms with Gasteiger partial charge in [0.25, 0.3) is 0 Å². The topological polar surface area (TPSA) is 15.3 Å². The van der Waals surface area contributed by atoms with Crippen molar-refractivity contribution < 1.29 is 0 Å². The van der Waals surface area contributed by atoms with Crippen molar-refractivity contribution in [1.82, 2.24) is 10.2 Å². The van der Waals surface area contributed by atoms with Crippen molar-refractivity contribution in [3.63, 3.8) is 0 Å². The Hall–Kier alpha value is -0.0800. The third-order valence-electron chi connectivity index (χ3n) is 5.04. The summed E-state index contributed by atoms with van der Waals surface area (Å²) in [7, 11) is 0. The van der Waals surface area contributed by atoms with Crippen LogP contribution in [-0.4, -0.2) is 37.1 Å². The summed E-state index contributed by atoms with van der Waals surface area (Å²) in [6.45, 7) is 5.35. The molecule has 2 heterocycles. The first-order valence-electron chi connectivity index (χ1n) is 7.36. The van der Waals surface area contributed by atoms with E-state index in [4.69, 9.17) is 0 Å². The van der Waals surface area contributed by atoms with Gasteiger partial charge in [0.05, 0.1) is 0 Å². The van der Waals surface area contributed by atoms with Crippen LogP contribution in [0.4, 0.5) is 0 Å². The summed E-state index contributed by atoms with van der Waals surface area (Å²) in [4.78, 5) is 2.79. The molecule has 0 spiro atoms. The highest BCUT2D eigenvalue weighted by Gasteiger charge is 2.37. The molecule has 2 heteroatoms. The Bertz CT molecular complexity index is 223. The van der Waals surface area contributed by atoms with Gasteiger partial charge < -0.3 is 10.2 Å². The van der Waals surface area contributed by atoms with Crippen molar-refractivity contribution in [2.24, 2.45) is 11.8 Å². The quantitative estimate of drug-likeness (QED) is 0.785. The van der Waals surface area contributed by atoms with Crippen molar-refractivity contribution in [2.75, 3.05) is 26.2 Å². The number of fused-ring (bicyclic) bond motifs is 2. The summed E-state index contributed by atoms with van der Waals surface area (Å²) in [6.07, 6.45) is 10.3. The van der Waals surface area contributed by atoms with E-state index in [1.54, 1.807) is 0 Å². The molecule has 2 bridgehead atoms. The molecule has 16 heavy (non-hydrogen) atoms. The van der Waals surface area contributed by atoms with Gasteiger partial charge in [-0.2, -0.15) is 0 Å². The minimum Gasteiger partial charge on any atom is -0.317 e. The lowest BCUT2D eigenvalue weighted by Crippen LogP contribution is -2.33. The van der Waals surface area contributed by atoms with Crippen LogP contribution in [0.2, 0.25) is 0 Å². The summed E-state index contributed by atoms with van der Waals surface area (Å²) in [5.74, 6) is 2.10. The molecule has 2 nitrogen and oxygen atoms in total. The summed E-state index contributed by atoms with van der Waals surface area (Å²) < 4.78 is 0. The smallest absolute Gasteiger partial charge is 0.00985 e. The van der Waals surface area contributed by atoms with Crippen LogP contribution in [-0.2, 0) is 0 Å². The van der Waals surface area contributed by atoms with Crippen molar-refractivity contribution >= 4 is 0 Å². The molecule has 0 aromatic rings. The number of nitrogens with zero attached hydrogens (tertiary/aromatic N) is 1. The second-order valence-corrected chi connectivity index (χ2v) is 6.16. The fourth-order valence-corrected chi connectivity index (χ4v) is 4.05. The Morgan fingerprint density at radius 3 is 2.62 bits per heavy atom. The first-order valence-corrected chi connectivity index (χ1v) is 7.36. The molecule has 1 saturated carbocycles. The van der Waals surface area contributed by atoms with Crippen LogP contribution < -0.4 is 5.32 Å². The number of likely N-dealkylation sites (tertiary alicyclic amines) is 1. The van der Waals surface area contributed by atoms with Crippen molar-refractivity contribution in [3.05, 3.63) is 0 Å². The molecule has 0 radical (unpaired) electrons. The second kappa shape index (κ2) is 5.05. The van der Waals surface area contributed by atoms with Gasteiger partial charge >= 0.3 is 0 Å². The Morgan fingerprint density at radius 2 is 1.94 bits per heavy atom. The normalized spacial score (nSPS) is 36.0. The second-order valence-electron chi connectivity index (χ2n) is 6.16. The van der Waals surface area contributed by atoms with Crippen LogP contribution in [0.15, 0.2) is 0 Å². The van der Waals surface area contributed by atoms with Gasteiger partial charge in [0, 0.05) is 12.6 Å². The van der Waals surface area contributed by atoms with Gasteiger partial charge in [0.2, 0.25) is 0 Å². The van der Waals surface area contributed by atoms with Gasteiger partial charge in [-0.3, -0.25) is 0 Å². The van der Waals surface area contributed by atoms with Crippen LogP contribution in [0.5, 0.6) is 0 Å². The average Bonchev–Trinajstić information content (AvgIpc) is 2.92. The molecule has 3 aliphatic rings. The molecule has 3 rings (SSSR count). The summed E-state index contributed by atoms with van der Waals surface area (Å²) in [5, 5.41) is 3.46. The Labute approximate surface area is 99.8 Å². The van der Waals surface area contributed by atoms with Crippen molar-refractivity contribution in [2.45, 2.75) is 51.0 Å². The highest BCUT2D eigenvalue weighted by atomic mass is 15.2. The molecule has 0 aromatic carbocycles. The third kappa shape index (κ3) is 2.43. The summed E-state index contributed by atoms with van der Waals surface area (Å²) in [5.41, 5.74) is 0. The van der Waals surface area contributed by atoms with Gasteiger partial charge in [-0.05, 0) is 76.4 Å². The first-order chi connectivity index (χ1) is 7.92. The maximum Gasteiger partial charge on any atom is 0.00985 e. The van der Waals surface area contributed by atoms with Crippen LogP contribution in [0.3, 0.4) is 0 Å². The SMILES string of the molecule is C(CC1CCNCC1)CN1CC2CCC1C2. The molecule has 1 aliphatic carbocycles. The molecule has 2 aliphatic heterocycles. The van der Waals surface area contributed by atoms with E-state index in [0.717, 1.165) is 17.9 Å². The molecular formula is C14H26N2. The maximum absolute atomic E-state index is 3.46. The van der Waals surface area contributed by atoms with Gasteiger partial charge in [0.1, 0.15) is 0 Å². The molecule has 2 saturated heterocycles. The fraction of sp³-hybridized carbons (Fsp3) is 1.00. The molecule has 0 amide bonds. The van der Waals surface area contributed by atoms with E-state index >= 15 is 0 Å². The molecule has 3 fully saturated rings. The third-order valence-corrected chi connectivity index (χ3v) is 5.04. The van der Waals surface area contributed by atoms with Crippen molar-refractivity contribution in [3.8, 4) is 0 Å². The van der Waals surface area contributed by atoms with E-state index in [9.17, 15) is 0 Å². The predicted molar refractivity (Wildman–Crippen MR) is 67.5 cm³/mol. The Morgan fingerprint density at radius 1 is 1.06 bits per heavy atom. The minimum atomic E-state index is 0.984. The van der Waals surface area contributed by atoms with E-state index in [2.05, 4.69) is 10.2 Å². The molecular weight excluding hydrogens is 196 g/mol. The number of hydrogen-bond acceptors (Lipinski definition) is 2. The molecule has 92 valence electrons. The largest absolute Gasteiger partial charge is 0.317 e. The van der Waals surface area contributed by atoms with Gasteiger partial charge in [0.15, 0.2) is 0 Å². The zero-order valence-corrected chi connectivity index (χ0v) is 10.5. The predicted octanol–water partition coefficient (Wildman–Crippen LogP) is 2.25. The summed E-state index contributed by atoms with van der Waals surface area (Å²) >= 11 is 0. The van der Waals surface area contributed by atoms with Gasteiger partial charge in [-0.15, -0.1) is 0 Å². The number of hydrogen-bond donors (Lipinski definition) is 1. The zero-order chi connectivity index (χ0) is 10.8. The standard InChI is InChI=1S/C14H26N2/c1(2-12-5-7-15-8-6-12)9-16-11-13-3-4-14(16)10-13/h12-15H,1-11H2. The van der Waals surface area contributed by atoms with E-state index in [0.29, 0.717) is 0 Å². The fourth-order valence-electron chi connectivity index (χ4n) is 4.05. The monoisotopic (exact) mass is 222 g/mol. The van der Waals surface area contributed by atoms with E-state index < -0.39 is 0 Å². The summed E-state index contributed by atoms with van der Waals surface area (Å²) in [6, 6.07) is 0.984. The maximum atomic E-state index is 3.46. The van der Waals surface area contributed by atoms with Gasteiger partial charge in [-0.1, -0.05) is 0 Å². The molecule has 2 unspecified atom stereocenters. The number of piperidine rings is 2. The molecule has 2 atom stereocenters. The highest BCUT2D eigenvalue weighted by Crippen LogP contribution is 2.37. The number of nitrogens with one attached hydrogen (secondary N) is 1. The molecule has 0 aromatic heterocycles. The first kappa shape index (κ1) is 11.0. The Balaban J connectivity index is 1.34. The van der Waals surface area contributed by atoms with Crippen LogP contribution >= 0.6 is 0 Å². The lowest BCUT2D eigenvalue weighted by Gasteiger charge is -2.28.